The maximum atomic E-state index is 6.00. The van der Waals surface area contributed by atoms with E-state index in [0.717, 1.165) is 31.5 Å². The molecule has 3 rings (SSSR count). The highest BCUT2D eigenvalue weighted by Gasteiger charge is 2.52. The van der Waals surface area contributed by atoms with E-state index in [2.05, 4.69) is 14.9 Å². The molecule has 24 heavy (non-hydrogen) atoms. The molecule has 0 saturated carbocycles. The van der Waals surface area contributed by atoms with Gasteiger partial charge in [-0.15, -0.1) is 0 Å². The lowest BCUT2D eigenvalue weighted by molar-refractivity contribution is 0.00578. The zero-order valence-corrected chi connectivity index (χ0v) is 15.0. The Bertz CT molecular complexity index is 551. The van der Waals surface area contributed by atoms with Gasteiger partial charge in [-0.3, -0.25) is 4.90 Å². The van der Waals surface area contributed by atoms with Gasteiger partial charge in [0.15, 0.2) is 0 Å². The number of nitrogens with two attached hydrogens (primary N) is 1. The first kappa shape index (κ1) is 17.6. The molecule has 7 nitrogen and oxygen atoms in total. The van der Waals surface area contributed by atoms with Crippen LogP contribution in [-0.4, -0.2) is 65.5 Å². The number of aromatic nitrogens is 2. The van der Waals surface area contributed by atoms with Crippen LogP contribution < -0.4 is 15.9 Å². The third-order valence-corrected chi connectivity index (χ3v) is 5.12. The molecule has 0 aromatic carbocycles. The lowest BCUT2D eigenvalue weighted by Crippen LogP contribution is -2.41. The normalized spacial score (nSPS) is 26.0. The maximum Gasteiger partial charge on any atom is 0.498 e. The number of likely N-dealkylation sites (tertiary alicyclic amines) is 1. The predicted octanol–water partition coefficient (Wildman–Crippen LogP) is 0.188. The minimum Gasteiger partial charge on any atom is -0.459 e. The van der Waals surface area contributed by atoms with Crippen molar-refractivity contribution < 1.29 is 14.0 Å². The van der Waals surface area contributed by atoms with Crippen molar-refractivity contribution in [3.05, 3.63) is 12.4 Å². The van der Waals surface area contributed by atoms with E-state index in [0.29, 0.717) is 12.6 Å². The molecule has 0 aliphatic carbocycles. The first-order chi connectivity index (χ1) is 11.3. The van der Waals surface area contributed by atoms with Gasteiger partial charge in [0, 0.05) is 44.0 Å². The smallest absolute Gasteiger partial charge is 0.459 e. The van der Waals surface area contributed by atoms with Crippen LogP contribution in [0.15, 0.2) is 12.4 Å². The molecule has 2 fully saturated rings. The highest BCUT2D eigenvalue weighted by molar-refractivity contribution is 6.61. The molecule has 132 valence electrons. The van der Waals surface area contributed by atoms with Crippen molar-refractivity contribution in [2.45, 2.75) is 51.4 Å². The Morgan fingerprint density at radius 1 is 1.25 bits per heavy atom. The Hall–Kier alpha value is -1.22. The first-order valence-corrected chi connectivity index (χ1v) is 8.57. The average molecular weight is 334 g/mol. The molecule has 0 unspecified atom stereocenters. The number of hydrogen-bond acceptors (Lipinski definition) is 7. The van der Waals surface area contributed by atoms with Gasteiger partial charge in [0.1, 0.15) is 6.10 Å². The number of hydrogen-bond donors (Lipinski definition) is 1. The van der Waals surface area contributed by atoms with Gasteiger partial charge in [-0.1, -0.05) is 0 Å². The topological polar surface area (TPSA) is 82.7 Å². The quantitative estimate of drug-likeness (QED) is 0.770. The van der Waals surface area contributed by atoms with Crippen molar-refractivity contribution in [2.75, 3.05) is 26.2 Å². The zero-order valence-electron chi connectivity index (χ0n) is 15.0. The van der Waals surface area contributed by atoms with Crippen LogP contribution in [0.3, 0.4) is 0 Å². The molecule has 2 aliphatic rings. The van der Waals surface area contributed by atoms with Crippen molar-refractivity contribution in [2.24, 2.45) is 5.73 Å². The molecule has 2 N–H and O–H groups in total. The summed E-state index contributed by atoms with van der Waals surface area (Å²) in [6, 6.07) is 0.398. The van der Waals surface area contributed by atoms with Crippen LogP contribution in [0.25, 0.3) is 0 Å². The average Bonchev–Trinajstić information content (AvgIpc) is 3.02. The van der Waals surface area contributed by atoms with Gasteiger partial charge in [-0.05, 0) is 34.1 Å². The fourth-order valence-corrected chi connectivity index (χ4v) is 2.92. The Kier molecular flexibility index (Phi) is 4.83. The molecule has 1 aromatic heterocycles. The van der Waals surface area contributed by atoms with Crippen LogP contribution >= 0.6 is 0 Å². The summed E-state index contributed by atoms with van der Waals surface area (Å²) in [5.41, 5.74) is 5.65. The van der Waals surface area contributed by atoms with E-state index in [1.54, 1.807) is 12.4 Å². The third-order valence-electron chi connectivity index (χ3n) is 5.12. The number of ether oxygens (including phenoxy) is 1. The van der Waals surface area contributed by atoms with E-state index in [4.69, 9.17) is 19.8 Å². The van der Waals surface area contributed by atoms with Crippen LogP contribution in [0, 0.1) is 0 Å². The van der Waals surface area contributed by atoms with Crippen LogP contribution in [0.5, 0.6) is 6.01 Å². The van der Waals surface area contributed by atoms with E-state index in [1.807, 2.05) is 27.7 Å². The Labute approximate surface area is 144 Å². The van der Waals surface area contributed by atoms with E-state index < -0.39 is 7.12 Å². The van der Waals surface area contributed by atoms with E-state index in [1.165, 1.54) is 0 Å². The van der Waals surface area contributed by atoms with Crippen molar-refractivity contribution in [3.8, 4) is 6.01 Å². The summed E-state index contributed by atoms with van der Waals surface area (Å²) in [4.78, 5) is 10.9. The fraction of sp³-hybridized carbons (Fsp3) is 0.750. The summed E-state index contributed by atoms with van der Waals surface area (Å²) in [7, 11) is -0.449. The van der Waals surface area contributed by atoms with Crippen molar-refractivity contribution in [1.82, 2.24) is 14.9 Å². The van der Waals surface area contributed by atoms with Crippen LogP contribution in [0.2, 0.25) is 0 Å². The molecule has 1 atom stereocenters. The third kappa shape index (κ3) is 3.56. The molecular formula is C16H27BN4O3. The summed E-state index contributed by atoms with van der Waals surface area (Å²) >= 11 is 0. The van der Waals surface area contributed by atoms with Crippen LogP contribution in [0.1, 0.15) is 34.1 Å². The second-order valence-electron chi connectivity index (χ2n) is 7.51. The molecular weight excluding hydrogens is 307 g/mol. The second kappa shape index (κ2) is 6.59. The molecule has 0 spiro atoms. The standard InChI is InChI=1S/C16H27BN4O3/c1-15(2)16(3,4)24-17(23-15)12-9-19-14(20-10-12)22-13-5-7-21(11-13)8-6-18/h9-10,13H,5-8,11,18H2,1-4H3/t13-/m1/s1. The van der Waals surface area contributed by atoms with E-state index in [9.17, 15) is 0 Å². The molecule has 0 radical (unpaired) electrons. The van der Waals surface area contributed by atoms with Crippen molar-refractivity contribution in [3.63, 3.8) is 0 Å². The summed E-state index contributed by atoms with van der Waals surface area (Å²) in [5, 5.41) is 0. The molecule has 0 bridgehead atoms. The van der Waals surface area contributed by atoms with Crippen molar-refractivity contribution >= 4 is 12.6 Å². The molecule has 3 heterocycles. The lowest BCUT2D eigenvalue weighted by atomic mass is 9.81. The number of rotatable bonds is 5. The second-order valence-corrected chi connectivity index (χ2v) is 7.51. The number of nitrogens with zero attached hydrogens (tertiary/aromatic N) is 3. The van der Waals surface area contributed by atoms with Gasteiger partial charge in [0.25, 0.3) is 0 Å². The predicted molar refractivity (Wildman–Crippen MR) is 92.3 cm³/mol. The Morgan fingerprint density at radius 2 is 1.88 bits per heavy atom. The van der Waals surface area contributed by atoms with Gasteiger partial charge in [0.05, 0.1) is 11.2 Å². The zero-order chi connectivity index (χ0) is 17.4. The molecule has 1 aromatic rings. The van der Waals surface area contributed by atoms with Gasteiger partial charge in [-0.25, -0.2) is 9.97 Å². The largest absolute Gasteiger partial charge is 0.498 e. The molecule has 0 amide bonds. The van der Waals surface area contributed by atoms with Gasteiger partial charge < -0.3 is 19.8 Å². The fourth-order valence-electron chi connectivity index (χ4n) is 2.92. The minimum atomic E-state index is -0.449. The van der Waals surface area contributed by atoms with Crippen LogP contribution in [0.4, 0.5) is 0 Å². The minimum absolute atomic E-state index is 0.124. The molecule has 2 aliphatic heterocycles. The summed E-state index contributed by atoms with van der Waals surface area (Å²) in [6.45, 7) is 11.6. The van der Waals surface area contributed by atoms with Crippen molar-refractivity contribution in [1.29, 1.82) is 0 Å². The van der Waals surface area contributed by atoms with E-state index in [-0.39, 0.29) is 17.3 Å². The first-order valence-electron chi connectivity index (χ1n) is 8.57. The molecule has 2 saturated heterocycles. The van der Waals surface area contributed by atoms with Gasteiger partial charge in [-0.2, -0.15) is 0 Å². The highest BCUT2D eigenvalue weighted by Crippen LogP contribution is 2.36. The monoisotopic (exact) mass is 334 g/mol. The molecule has 8 heteroatoms. The Morgan fingerprint density at radius 3 is 2.46 bits per heavy atom. The lowest BCUT2D eigenvalue weighted by Gasteiger charge is -2.32. The summed E-state index contributed by atoms with van der Waals surface area (Å²) in [6.07, 6.45) is 4.54. The van der Waals surface area contributed by atoms with Gasteiger partial charge in [0.2, 0.25) is 0 Å². The maximum absolute atomic E-state index is 6.00. The van der Waals surface area contributed by atoms with Crippen LogP contribution in [-0.2, 0) is 9.31 Å². The SMILES string of the molecule is CC1(C)OB(c2cnc(O[C@@H]3CCN(CCN)C3)nc2)OC1(C)C. The van der Waals surface area contributed by atoms with Gasteiger partial charge >= 0.3 is 13.1 Å². The summed E-state index contributed by atoms with van der Waals surface area (Å²) < 4.78 is 17.9. The van der Waals surface area contributed by atoms with E-state index >= 15 is 0 Å². The summed E-state index contributed by atoms with van der Waals surface area (Å²) in [5.74, 6) is 0. The highest BCUT2D eigenvalue weighted by atomic mass is 16.7. The Balaban J connectivity index is 1.59.